The second-order valence-electron chi connectivity index (χ2n) is 4.38. The van der Waals surface area contributed by atoms with E-state index in [1.807, 2.05) is 0 Å². The van der Waals surface area contributed by atoms with Crippen LogP contribution in [-0.2, 0) is 0 Å². The van der Waals surface area contributed by atoms with Gasteiger partial charge in [-0.2, -0.15) is 0 Å². The van der Waals surface area contributed by atoms with E-state index in [-0.39, 0.29) is 5.82 Å². The van der Waals surface area contributed by atoms with Gasteiger partial charge in [-0.3, -0.25) is 0 Å². The molecule has 1 aromatic carbocycles. The van der Waals surface area contributed by atoms with Gasteiger partial charge in [0, 0.05) is 12.1 Å². The minimum absolute atomic E-state index is 0.343. The lowest BCUT2D eigenvalue weighted by Crippen LogP contribution is -2.27. The van der Waals surface area contributed by atoms with Gasteiger partial charge in [0.05, 0.1) is 6.10 Å². The van der Waals surface area contributed by atoms with Crippen LogP contribution in [0.4, 0.5) is 4.39 Å². The van der Waals surface area contributed by atoms with Crippen LogP contribution in [0.15, 0.2) is 24.3 Å². The summed E-state index contributed by atoms with van der Waals surface area (Å²) in [7, 11) is 0. The van der Waals surface area contributed by atoms with E-state index in [2.05, 4.69) is 19.2 Å². The summed E-state index contributed by atoms with van der Waals surface area (Å²) in [4.78, 5) is 0. The van der Waals surface area contributed by atoms with Crippen molar-refractivity contribution >= 4 is 0 Å². The zero-order chi connectivity index (χ0) is 12.7. The van der Waals surface area contributed by atoms with Crippen molar-refractivity contribution < 1.29 is 9.50 Å². The minimum atomic E-state index is -0.773. The molecule has 0 amide bonds. The lowest BCUT2D eigenvalue weighted by molar-refractivity contribution is 0.168. The number of halogens is 1. The van der Waals surface area contributed by atoms with Crippen LogP contribution in [0.1, 0.15) is 38.4 Å². The normalized spacial score (nSPS) is 13.0. The van der Waals surface area contributed by atoms with E-state index in [0.717, 1.165) is 19.4 Å². The molecule has 1 unspecified atom stereocenters. The summed E-state index contributed by atoms with van der Waals surface area (Å²) in [5.41, 5.74) is 0.365. The molecule has 0 heterocycles. The van der Waals surface area contributed by atoms with Crippen LogP contribution in [-0.4, -0.2) is 18.2 Å². The van der Waals surface area contributed by atoms with Crippen molar-refractivity contribution in [3.05, 3.63) is 35.6 Å². The highest BCUT2D eigenvalue weighted by Gasteiger charge is 2.12. The van der Waals surface area contributed by atoms with Crippen molar-refractivity contribution in [2.75, 3.05) is 13.1 Å². The van der Waals surface area contributed by atoms with Crippen molar-refractivity contribution in [3.63, 3.8) is 0 Å². The fourth-order valence-electron chi connectivity index (χ4n) is 1.86. The molecule has 0 bridgehead atoms. The molecule has 2 N–H and O–H groups in total. The van der Waals surface area contributed by atoms with Gasteiger partial charge in [-0.1, -0.05) is 44.9 Å². The summed E-state index contributed by atoms with van der Waals surface area (Å²) in [6, 6.07) is 6.37. The summed E-state index contributed by atoms with van der Waals surface area (Å²) >= 11 is 0. The molecule has 0 aromatic heterocycles. The fourth-order valence-corrected chi connectivity index (χ4v) is 1.86. The zero-order valence-corrected chi connectivity index (χ0v) is 10.6. The molecule has 17 heavy (non-hydrogen) atoms. The van der Waals surface area contributed by atoms with Gasteiger partial charge in [-0.25, -0.2) is 4.39 Å². The molecule has 1 rings (SSSR count). The maximum absolute atomic E-state index is 13.4. The lowest BCUT2D eigenvalue weighted by Gasteiger charge is -2.16. The molecule has 0 saturated carbocycles. The maximum atomic E-state index is 13.4. The summed E-state index contributed by atoms with van der Waals surface area (Å²) in [5.74, 6) is 0.284. The summed E-state index contributed by atoms with van der Waals surface area (Å²) in [6.07, 6.45) is 1.48. The first-order chi connectivity index (χ1) is 8.19. The average molecular weight is 239 g/mol. The second-order valence-corrected chi connectivity index (χ2v) is 4.38. The van der Waals surface area contributed by atoms with Crippen LogP contribution >= 0.6 is 0 Å². The van der Waals surface area contributed by atoms with Crippen LogP contribution in [0, 0.1) is 11.7 Å². The largest absolute Gasteiger partial charge is 0.387 e. The summed E-state index contributed by atoms with van der Waals surface area (Å²) in [5, 5.41) is 13.1. The van der Waals surface area contributed by atoms with Gasteiger partial charge in [0.1, 0.15) is 5.82 Å². The van der Waals surface area contributed by atoms with Gasteiger partial charge >= 0.3 is 0 Å². The van der Waals surface area contributed by atoms with Crippen LogP contribution in [0.3, 0.4) is 0 Å². The van der Waals surface area contributed by atoms with Crippen LogP contribution in [0.25, 0.3) is 0 Å². The Bertz CT molecular complexity index is 326. The molecule has 0 aliphatic carbocycles. The van der Waals surface area contributed by atoms with Crippen molar-refractivity contribution in [2.24, 2.45) is 5.92 Å². The number of aliphatic hydroxyl groups is 1. The predicted molar refractivity (Wildman–Crippen MR) is 68.3 cm³/mol. The van der Waals surface area contributed by atoms with Crippen molar-refractivity contribution in [2.45, 2.75) is 32.8 Å². The Balaban J connectivity index is 2.40. The maximum Gasteiger partial charge on any atom is 0.129 e. The summed E-state index contributed by atoms with van der Waals surface area (Å²) < 4.78 is 13.4. The van der Waals surface area contributed by atoms with Gasteiger partial charge < -0.3 is 10.4 Å². The van der Waals surface area contributed by atoms with Crippen molar-refractivity contribution in [1.29, 1.82) is 0 Å². The van der Waals surface area contributed by atoms with Gasteiger partial charge in [0.15, 0.2) is 0 Å². The molecule has 0 radical (unpaired) electrons. The molecule has 0 aliphatic rings. The Labute approximate surface area is 103 Å². The molecule has 3 heteroatoms. The molecule has 96 valence electrons. The topological polar surface area (TPSA) is 32.3 Å². The fraction of sp³-hybridized carbons (Fsp3) is 0.571. The number of hydrogen-bond acceptors (Lipinski definition) is 2. The van der Waals surface area contributed by atoms with Crippen LogP contribution in [0.2, 0.25) is 0 Å². The molecule has 0 fully saturated rings. The summed E-state index contributed by atoms with van der Waals surface area (Å²) in [6.45, 7) is 5.59. The molecule has 1 aromatic rings. The van der Waals surface area contributed by atoms with E-state index < -0.39 is 6.10 Å². The number of rotatable bonds is 7. The Hall–Kier alpha value is -0.930. The quantitative estimate of drug-likeness (QED) is 0.767. The predicted octanol–water partition coefficient (Wildman–Crippen LogP) is 2.88. The van der Waals surface area contributed by atoms with Gasteiger partial charge in [0.2, 0.25) is 0 Å². The second kappa shape index (κ2) is 7.41. The van der Waals surface area contributed by atoms with Gasteiger partial charge in [-0.15, -0.1) is 0 Å². The molecule has 0 saturated heterocycles. The SMILES string of the molecule is CCC(CC)CNCC(O)c1ccccc1F. The Morgan fingerprint density at radius 2 is 1.82 bits per heavy atom. The molecular formula is C14H22FNO. The lowest BCUT2D eigenvalue weighted by atomic mass is 10.0. The average Bonchev–Trinajstić information content (AvgIpc) is 2.35. The molecular weight excluding hydrogens is 217 g/mol. The smallest absolute Gasteiger partial charge is 0.129 e. The van der Waals surface area contributed by atoms with E-state index in [0.29, 0.717) is 18.0 Å². The third-order valence-corrected chi connectivity index (χ3v) is 3.19. The highest BCUT2D eigenvalue weighted by molar-refractivity contribution is 5.19. The Morgan fingerprint density at radius 1 is 1.18 bits per heavy atom. The van der Waals surface area contributed by atoms with E-state index in [4.69, 9.17) is 0 Å². The van der Waals surface area contributed by atoms with Crippen LogP contribution in [0.5, 0.6) is 0 Å². The number of nitrogens with one attached hydrogen (secondary N) is 1. The minimum Gasteiger partial charge on any atom is -0.387 e. The van der Waals surface area contributed by atoms with E-state index in [9.17, 15) is 9.50 Å². The van der Waals surface area contributed by atoms with E-state index in [1.54, 1.807) is 18.2 Å². The Morgan fingerprint density at radius 3 is 2.41 bits per heavy atom. The van der Waals surface area contributed by atoms with Gasteiger partial charge in [0.25, 0.3) is 0 Å². The monoisotopic (exact) mass is 239 g/mol. The standard InChI is InChI=1S/C14H22FNO/c1-3-11(4-2)9-16-10-14(17)12-7-5-6-8-13(12)15/h5-8,11,14,16-17H,3-4,9-10H2,1-2H3. The highest BCUT2D eigenvalue weighted by atomic mass is 19.1. The van der Waals surface area contributed by atoms with Crippen LogP contribution < -0.4 is 5.32 Å². The first kappa shape index (κ1) is 14.1. The highest BCUT2D eigenvalue weighted by Crippen LogP contribution is 2.15. The van der Waals surface area contributed by atoms with E-state index >= 15 is 0 Å². The molecule has 2 nitrogen and oxygen atoms in total. The van der Waals surface area contributed by atoms with Crippen molar-refractivity contribution in [3.8, 4) is 0 Å². The molecule has 1 atom stereocenters. The first-order valence-corrected chi connectivity index (χ1v) is 6.32. The van der Waals surface area contributed by atoms with Gasteiger partial charge in [-0.05, 0) is 18.5 Å². The number of hydrogen-bond donors (Lipinski definition) is 2. The zero-order valence-electron chi connectivity index (χ0n) is 10.6. The third-order valence-electron chi connectivity index (χ3n) is 3.19. The molecule has 0 spiro atoms. The number of benzene rings is 1. The van der Waals surface area contributed by atoms with E-state index in [1.165, 1.54) is 6.07 Å². The first-order valence-electron chi connectivity index (χ1n) is 6.32. The number of aliphatic hydroxyl groups excluding tert-OH is 1. The van der Waals surface area contributed by atoms with Crippen molar-refractivity contribution in [1.82, 2.24) is 5.32 Å². The Kier molecular flexibility index (Phi) is 6.16. The third kappa shape index (κ3) is 4.44. The molecule has 0 aliphatic heterocycles.